The smallest absolute Gasteiger partial charge is 0.149 e. The van der Waals surface area contributed by atoms with Crippen molar-refractivity contribution < 1.29 is 0 Å². The molecule has 2 heterocycles. The highest BCUT2D eigenvalue weighted by Gasteiger charge is 2.03. The average molecular weight is 252 g/mol. The molecule has 2 aromatic heterocycles. The predicted molar refractivity (Wildman–Crippen MR) is 67.2 cm³/mol. The number of imidazole rings is 1. The molecule has 0 saturated carbocycles. The molecule has 6 heteroatoms. The summed E-state index contributed by atoms with van der Waals surface area (Å²) < 4.78 is 2.05. The quantitative estimate of drug-likeness (QED) is 0.814. The summed E-state index contributed by atoms with van der Waals surface area (Å²) in [7, 11) is 1.98. The molecular formula is C11H14ClN5. The van der Waals surface area contributed by atoms with Gasteiger partial charge in [0.05, 0.1) is 18.7 Å². The number of hydrogen-bond acceptors (Lipinski definition) is 4. The molecule has 17 heavy (non-hydrogen) atoms. The zero-order valence-electron chi connectivity index (χ0n) is 9.62. The summed E-state index contributed by atoms with van der Waals surface area (Å²) in [5, 5.41) is 0.420. The second kappa shape index (κ2) is 5.63. The van der Waals surface area contributed by atoms with Gasteiger partial charge in [-0.15, -0.1) is 0 Å². The normalized spacial score (nSPS) is 10.5. The van der Waals surface area contributed by atoms with Crippen molar-refractivity contribution in [2.24, 2.45) is 0 Å². The highest BCUT2D eigenvalue weighted by molar-refractivity contribution is 6.29. The van der Waals surface area contributed by atoms with Crippen LogP contribution in [0, 0.1) is 0 Å². The molecule has 0 atom stereocenters. The summed E-state index contributed by atoms with van der Waals surface area (Å²) >= 11 is 5.79. The molecule has 0 fully saturated rings. The van der Waals surface area contributed by atoms with Gasteiger partial charge in [0.2, 0.25) is 0 Å². The Kier molecular flexibility index (Phi) is 3.93. The number of halogens is 1. The van der Waals surface area contributed by atoms with E-state index >= 15 is 0 Å². The number of aromatic nitrogens is 4. The number of aryl methyl sites for hydroxylation is 1. The topological polar surface area (TPSA) is 46.8 Å². The van der Waals surface area contributed by atoms with Crippen molar-refractivity contribution >= 4 is 17.4 Å². The van der Waals surface area contributed by atoms with Gasteiger partial charge in [0.25, 0.3) is 0 Å². The lowest BCUT2D eigenvalue weighted by Gasteiger charge is -2.17. The Labute approximate surface area is 105 Å². The molecule has 0 aromatic carbocycles. The molecule has 0 aliphatic heterocycles. The second-order valence-electron chi connectivity index (χ2n) is 3.78. The Bertz CT molecular complexity index is 457. The van der Waals surface area contributed by atoms with Crippen LogP contribution in [0.1, 0.15) is 6.42 Å². The lowest BCUT2D eigenvalue weighted by Crippen LogP contribution is -2.21. The fourth-order valence-corrected chi connectivity index (χ4v) is 1.68. The third kappa shape index (κ3) is 3.42. The molecule has 0 amide bonds. The van der Waals surface area contributed by atoms with Crippen LogP contribution >= 0.6 is 11.6 Å². The van der Waals surface area contributed by atoms with Crippen LogP contribution in [0.3, 0.4) is 0 Å². The Hall–Kier alpha value is -1.62. The highest BCUT2D eigenvalue weighted by atomic mass is 35.5. The Balaban J connectivity index is 1.83. The molecule has 5 nitrogen and oxygen atoms in total. The molecule has 0 bridgehead atoms. The lowest BCUT2D eigenvalue weighted by molar-refractivity contribution is 0.635. The van der Waals surface area contributed by atoms with Crippen LogP contribution in [0.5, 0.6) is 0 Å². The third-order valence-corrected chi connectivity index (χ3v) is 2.63. The SMILES string of the molecule is CN(CCCn1ccnc1)c1cncc(Cl)n1. The van der Waals surface area contributed by atoms with Crippen molar-refractivity contribution in [2.75, 3.05) is 18.5 Å². The van der Waals surface area contributed by atoms with Crippen molar-refractivity contribution in [1.29, 1.82) is 0 Å². The fourth-order valence-electron chi connectivity index (χ4n) is 1.54. The van der Waals surface area contributed by atoms with Crippen LogP contribution in [-0.4, -0.2) is 33.1 Å². The minimum Gasteiger partial charge on any atom is -0.358 e. The molecule has 2 aromatic rings. The van der Waals surface area contributed by atoms with E-state index in [0.29, 0.717) is 5.15 Å². The van der Waals surface area contributed by atoms with Crippen molar-refractivity contribution in [2.45, 2.75) is 13.0 Å². The van der Waals surface area contributed by atoms with Gasteiger partial charge in [-0.25, -0.2) is 9.97 Å². The van der Waals surface area contributed by atoms with Gasteiger partial charge in [-0.2, -0.15) is 0 Å². The second-order valence-corrected chi connectivity index (χ2v) is 4.16. The molecule has 0 unspecified atom stereocenters. The van der Waals surface area contributed by atoms with E-state index in [1.54, 1.807) is 12.4 Å². The van der Waals surface area contributed by atoms with Gasteiger partial charge in [0, 0.05) is 32.5 Å². The number of nitrogens with zero attached hydrogens (tertiary/aromatic N) is 5. The minimum absolute atomic E-state index is 0.420. The van der Waals surface area contributed by atoms with E-state index in [0.717, 1.165) is 25.3 Å². The lowest BCUT2D eigenvalue weighted by atomic mass is 10.4. The summed E-state index contributed by atoms with van der Waals surface area (Å²) in [6.45, 7) is 1.84. The highest BCUT2D eigenvalue weighted by Crippen LogP contribution is 2.11. The van der Waals surface area contributed by atoms with E-state index in [1.165, 1.54) is 6.20 Å². The molecule has 0 radical (unpaired) electrons. The van der Waals surface area contributed by atoms with Gasteiger partial charge in [-0.05, 0) is 6.42 Å². The zero-order valence-corrected chi connectivity index (χ0v) is 10.4. The van der Waals surface area contributed by atoms with Gasteiger partial charge in [-0.1, -0.05) is 11.6 Å². The van der Waals surface area contributed by atoms with Crippen LogP contribution < -0.4 is 4.90 Å². The van der Waals surface area contributed by atoms with Gasteiger partial charge >= 0.3 is 0 Å². The minimum atomic E-state index is 0.420. The first-order chi connectivity index (χ1) is 8.25. The maximum absolute atomic E-state index is 5.79. The van der Waals surface area contributed by atoms with Gasteiger partial charge in [0.1, 0.15) is 11.0 Å². The van der Waals surface area contributed by atoms with Crippen LogP contribution in [0.15, 0.2) is 31.1 Å². The van der Waals surface area contributed by atoms with E-state index in [4.69, 9.17) is 11.6 Å². The van der Waals surface area contributed by atoms with Crippen LogP contribution in [-0.2, 0) is 6.54 Å². The van der Waals surface area contributed by atoms with E-state index in [1.807, 2.05) is 24.5 Å². The fraction of sp³-hybridized carbons (Fsp3) is 0.364. The molecule has 2 rings (SSSR count). The number of rotatable bonds is 5. The predicted octanol–water partition coefficient (Wildman–Crippen LogP) is 1.85. The Morgan fingerprint density at radius 3 is 2.94 bits per heavy atom. The molecule has 0 aliphatic carbocycles. The third-order valence-electron chi connectivity index (χ3n) is 2.45. The summed E-state index contributed by atoms with van der Waals surface area (Å²) in [6, 6.07) is 0. The molecule has 0 N–H and O–H groups in total. The Morgan fingerprint density at radius 2 is 2.24 bits per heavy atom. The van der Waals surface area contributed by atoms with Gasteiger partial charge < -0.3 is 9.47 Å². The maximum atomic E-state index is 5.79. The summed E-state index contributed by atoms with van der Waals surface area (Å²) in [5.74, 6) is 0.795. The summed E-state index contributed by atoms with van der Waals surface area (Å²) in [4.78, 5) is 14.2. The monoisotopic (exact) mass is 251 g/mol. The first kappa shape index (κ1) is 11.9. The first-order valence-electron chi connectivity index (χ1n) is 5.40. The van der Waals surface area contributed by atoms with E-state index in [2.05, 4.69) is 19.5 Å². The van der Waals surface area contributed by atoms with Crippen molar-refractivity contribution in [3.8, 4) is 0 Å². The van der Waals surface area contributed by atoms with Crippen molar-refractivity contribution in [3.05, 3.63) is 36.3 Å². The average Bonchev–Trinajstić information content (AvgIpc) is 2.82. The Morgan fingerprint density at radius 1 is 1.35 bits per heavy atom. The van der Waals surface area contributed by atoms with Crippen molar-refractivity contribution in [1.82, 2.24) is 19.5 Å². The molecule has 0 spiro atoms. The van der Waals surface area contributed by atoms with E-state index in [9.17, 15) is 0 Å². The zero-order chi connectivity index (χ0) is 12.1. The first-order valence-corrected chi connectivity index (χ1v) is 5.78. The molecular weight excluding hydrogens is 238 g/mol. The molecule has 0 aliphatic rings. The van der Waals surface area contributed by atoms with E-state index < -0.39 is 0 Å². The summed E-state index contributed by atoms with van der Waals surface area (Å²) in [6.07, 6.45) is 9.82. The molecule has 0 saturated heterocycles. The van der Waals surface area contributed by atoms with Crippen LogP contribution in [0.2, 0.25) is 5.15 Å². The van der Waals surface area contributed by atoms with Crippen LogP contribution in [0.25, 0.3) is 0 Å². The number of anilines is 1. The van der Waals surface area contributed by atoms with Gasteiger partial charge in [0.15, 0.2) is 0 Å². The maximum Gasteiger partial charge on any atom is 0.149 e. The standard InChI is InChI=1S/C11H14ClN5/c1-16(11-8-14-7-10(12)15-11)4-2-5-17-6-3-13-9-17/h3,6-9H,2,4-5H2,1H3. The van der Waals surface area contributed by atoms with Gasteiger partial charge in [-0.3, -0.25) is 4.98 Å². The molecule has 90 valence electrons. The van der Waals surface area contributed by atoms with E-state index in [-0.39, 0.29) is 0 Å². The largest absolute Gasteiger partial charge is 0.358 e. The van der Waals surface area contributed by atoms with Crippen LogP contribution in [0.4, 0.5) is 5.82 Å². The number of hydrogen-bond donors (Lipinski definition) is 0. The summed E-state index contributed by atoms with van der Waals surface area (Å²) in [5.41, 5.74) is 0. The van der Waals surface area contributed by atoms with Crippen molar-refractivity contribution in [3.63, 3.8) is 0 Å².